The van der Waals surface area contributed by atoms with Crippen molar-refractivity contribution >= 4 is 28.2 Å². The van der Waals surface area contributed by atoms with Crippen molar-refractivity contribution in [3.05, 3.63) is 77.4 Å². The third kappa shape index (κ3) is 2.35. The predicted octanol–water partition coefficient (Wildman–Crippen LogP) is 4.44. The molecule has 2 aromatic carbocycles. The zero-order chi connectivity index (χ0) is 14.9. The highest BCUT2D eigenvalue weighted by Gasteiger charge is 2.29. The third-order valence-corrected chi connectivity index (χ3v) is 4.50. The van der Waals surface area contributed by atoms with E-state index in [0.717, 1.165) is 16.4 Å². The van der Waals surface area contributed by atoms with Gasteiger partial charge >= 0.3 is 0 Å². The predicted molar refractivity (Wildman–Crippen MR) is 93.7 cm³/mol. The zero-order valence-electron chi connectivity index (χ0n) is 12.2. The molecule has 1 unspecified atom stereocenters. The summed E-state index contributed by atoms with van der Waals surface area (Å²) < 4.78 is 0. The maximum Gasteiger partial charge on any atom is 0.191 e. The summed E-state index contributed by atoms with van der Waals surface area (Å²) in [5, 5.41) is 7.37. The number of aliphatic imine (C=N–C) groups is 1. The van der Waals surface area contributed by atoms with Crippen LogP contribution in [0.4, 0.5) is 0 Å². The second-order valence-electron chi connectivity index (χ2n) is 5.35. The molecule has 0 aromatic heterocycles. The summed E-state index contributed by atoms with van der Waals surface area (Å²) in [7, 11) is 0. The summed E-state index contributed by atoms with van der Waals surface area (Å²) in [5.41, 5.74) is 6.48. The average molecular weight is 305 g/mol. The van der Waals surface area contributed by atoms with Gasteiger partial charge < -0.3 is 0 Å². The number of hydrogen-bond acceptors (Lipinski definition) is 4. The highest BCUT2D eigenvalue weighted by Crippen LogP contribution is 2.36. The minimum absolute atomic E-state index is 0.0938. The Balaban J connectivity index is 1.78. The molecule has 2 heterocycles. The van der Waals surface area contributed by atoms with E-state index in [1.807, 2.05) is 16.6 Å². The van der Waals surface area contributed by atoms with E-state index >= 15 is 0 Å². The molecule has 2 aromatic rings. The van der Waals surface area contributed by atoms with Crippen molar-refractivity contribution in [1.82, 2.24) is 5.01 Å². The Morgan fingerprint density at radius 1 is 1.00 bits per heavy atom. The number of aryl methyl sites for hydroxylation is 1. The standard InChI is InChI=1S/C18H15N3S/c1-13-7-9-14(10-8-13)16-11-17(15-5-3-2-4-6-15)21-18(20-16)22-12-19-21/h2-12,17H,1H3. The molecule has 4 rings (SSSR count). The highest BCUT2D eigenvalue weighted by molar-refractivity contribution is 8.25. The van der Waals surface area contributed by atoms with Gasteiger partial charge in [-0.2, -0.15) is 5.10 Å². The Labute approximate surface area is 134 Å². The fraction of sp³-hybridized carbons (Fsp3) is 0.111. The van der Waals surface area contributed by atoms with Gasteiger partial charge in [-0.1, -0.05) is 60.2 Å². The van der Waals surface area contributed by atoms with Crippen LogP contribution in [-0.2, 0) is 0 Å². The SMILES string of the molecule is Cc1ccc(C2=CC(c3ccccc3)N3N=CSC3=N2)cc1. The fourth-order valence-electron chi connectivity index (χ4n) is 2.63. The topological polar surface area (TPSA) is 28.0 Å². The van der Waals surface area contributed by atoms with Crippen molar-refractivity contribution < 1.29 is 0 Å². The van der Waals surface area contributed by atoms with Crippen molar-refractivity contribution in [2.75, 3.05) is 0 Å². The van der Waals surface area contributed by atoms with E-state index in [1.165, 1.54) is 11.1 Å². The Bertz CT molecular complexity index is 776. The summed E-state index contributed by atoms with van der Waals surface area (Å²) in [5.74, 6) is 0. The molecular formula is C18H15N3S. The lowest BCUT2D eigenvalue weighted by Crippen LogP contribution is -2.27. The largest absolute Gasteiger partial charge is 0.230 e. The highest BCUT2D eigenvalue weighted by atomic mass is 32.2. The van der Waals surface area contributed by atoms with Crippen LogP contribution in [0.5, 0.6) is 0 Å². The Morgan fingerprint density at radius 2 is 1.77 bits per heavy atom. The summed E-state index contributed by atoms with van der Waals surface area (Å²) in [4.78, 5) is 4.76. The lowest BCUT2D eigenvalue weighted by molar-refractivity contribution is 0.395. The molecule has 3 nitrogen and oxygen atoms in total. The number of nitrogens with zero attached hydrogens (tertiary/aromatic N) is 3. The molecule has 0 saturated carbocycles. The minimum Gasteiger partial charge on any atom is -0.230 e. The molecule has 0 bridgehead atoms. The van der Waals surface area contributed by atoms with Crippen molar-refractivity contribution in [3.8, 4) is 0 Å². The van der Waals surface area contributed by atoms with Crippen LogP contribution in [0.25, 0.3) is 5.70 Å². The van der Waals surface area contributed by atoms with E-state index in [2.05, 4.69) is 66.6 Å². The Morgan fingerprint density at radius 3 is 2.55 bits per heavy atom. The van der Waals surface area contributed by atoms with Crippen LogP contribution in [0.2, 0.25) is 0 Å². The first-order valence-corrected chi connectivity index (χ1v) is 8.10. The van der Waals surface area contributed by atoms with Gasteiger partial charge in [0, 0.05) is 0 Å². The molecule has 4 heteroatoms. The Hall–Kier alpha value is -2.33. The third-order valence-electron chi connectivity index (χ3n) is 3.81. The van der Waals surface area contributed by atoms with Crippen molar-refractivity contribution in [2.45, 2.75) is 13.0 Å². The minimum atomic E-state index is 0.0938. The molecule has 0 N–H and O–H groups in total. The second kappa shape index (κ2) is 5.46. The summed E-state index contributed by atoms with van der Waals surface area (Å²) in [6.45, 7) is 2.10. The van der Waals surface area contributed by atoms with Gasteiger partial charge in [-0.25, -0.2) is 10.0 Å². The lowest BCUT2D eigenvalue weighted by Gasteiger charge is -2.28. The molecule has 0 aliphatic carbocycles. The Kier molecular flexibility index (Phi) is 3.31. The summed E-state index contributed by atoms with van der Waals surface area (Å²) in [6.07, 6.45) is 2.19. The first-order chi connectivity index (χ1) is 10.8. The quantitative estimate of drug-likeness (QED) is 0.820. The molecule has 0 spiro atoms. The van der Waals surface area contributed by atoms with Crippen LogP contribution >= 0.6 is 11.8 Å². The molecule has 0 fully saturated rings. The molecule has 2 aliphatic rings. The first-order valence-electron chi connectivity index (χ1n) is 7.22. The molecule has 0 amide bonds. The first kappa shape index (κ1) is 13.3. The summed E-state index contributed by atoms with van der Waals surface area (Å²) >= 11 is 1.57. The zero-order valence-corrected chi connectivity index (χ0v) is 13.0. The van der Waals surface area contributed by atoms with Crippen LogP contribution in [0.3, 0.4) is 0 Å². The lowest BCUT2D eigenvalue weighted by atomic mass is 10.0. The number of benzene rings is 2. The van der Waals surface area contributed by atoms with Gasteiger partial charge in [0.2, 0.25) is 0 Å². The van der Waals surface area contributed by atoms with Gasteiger partial charge in [0.15, 0.2) is 5.17 Å². The molecule has 22 heavy (non-hydrogen) atoms. The van der Waals surface area contributed by atoms with E-state index in [4.69, 9.17) is 4.99 Å². The van der Waals surface area contributed by atoms with Gasteiger partial charge in [-0.15, -0.1) is 0 Å². The molecule has 0 radical (unpaired) electrons. The van der Waals surface area contributed by atoms with Crippen molar-refractivity contribution in [2.24, 2.45) is 10.1 Å². The van der Waals surface area contributed by atoms with Crippen LogP contribution in [-0.4, -0.2) is 15.7 Å². The van der Waals surface area contributed by atoms with Gasteiger partial charge in [0.1, 0.15) is 6.04 Å². The molecule has 1 atom stereocenters. The molecule has 2 aliphatic heterocycles. The van der Waals surface area contributed by atoms with E-state index in [-0.39, 0.29) is 6.04 Å². The normalized spacial score (nSPS) is 19.7. The van der Waals surface area contributed by atoms with E-state index in [0.29, 0.717) is 0 Å². The number of hydrazone groups is 1. The molecule has 0 saturated heterocycles. The van der Waals surface area contributed by atoms with Gasteiger partial charge in [0.25, 0.3) is 0 Å². The maximum absolute atomic E-state index is 4.76. The number of rotatable bonds is 2. The van der Waals surface area contributed by atoms with Gasteiger partial charge in [-0.05, 0) is 35.9 Å². The number of hydrogen-bond donors (Lipinski definition) is 0. The monoisotopic (exact) mass is 305 g/mol. The van der Waals surface area contributed by atoms with Crippen LogP contribution in [0.15, 0.2) is 70.8 Å². The second-order valence-corrected chi connectivity index (χ2v) is 6.16. The molecule has 108 valence electrons. The number of thioether (sulfide) groups is 1. The van der Waals surface area contributed by atoms with Gasteiger partial charge in [-0.3, -0.25) is 0 Å². The van der Waals surface area contributed by atoms with Gasteiger partial charge in [0.05, 0.1) is 11.2 Å². The summed E-state index contributed by atoms with van der Waals surface area (Å²) in [6, 6.07) is 19.0. The van der Waals surface area contributed by atoms with Crippen LogP contribution < -0.4 is 0 Å². The fourth-order valence-corrected chi connectivity index (χ4v) is 3.29. The van der Waals surface area contributed by atoms with Crippen molar-refractivity contribution in [1.29, 1.82) is 0 Å². The number of amidine groups is 1. The van der Waals surface area contributed by atoms with E-state index < -0.39 is 0 Å². The van der Waals surface area contributed by atoms with E-state index in [9.17, 15) is 0 Å². The smallest absolute Gasteiger partial charge is 0.191 e. The number of fused-ring (bicyclic) bond motifs is 1. The van der Waals surface area contributed by atoms with E-state index in [1.54, 1.807) is 11.8 Å². The van der Waals surface area contributed by atoms with Crippen LogP contribution in [0.1, 0.15) is 22.7 Å². The van der Waals surface area contributed by atoms with Crippen LogP contribution in [0, 0.1) is 6.92 Å². The average Bonchev–Trinajstić information content (AvgIpc) is 3.04. The maximum atomic E-state index is 4.76. The van der Waals surface area contributed by atoms with Crippen molar-refractivity contribution in [3.63, 3.8) is 0 Å². The molecular weight excluding hydrogens is 290 g/mol.